The Morgan fingerprint density at radius 2 is 1.20 bits per heavy atom. The maximum Gasteiger partial charge on any atom is 0.252 e. The molecule has 0 aliphatic rings. The highest BCUT2D eigenvalue weighted by atomic mass is 35.5. The number of amides is 3. The molecule has 242 valence electrons. The van der Waals surface area contributed by atoms with Crippen LogP contribution in [0.15, 0.2) is 103 Å². The van der Waals surface area contributed by atoms with Crippen LogP contribution < -0.4 is 20.7 Å². The molecule has 10 heteroatoms. The Labute approximate surface area is 286 Å². The van der Waals surface area contributed by atoms with Crippen LogP contribution in [0.25, 0.3) is 0 Å². The summed E-state index contributed by atoms with van der Waals surface area (Å²) in [6.45, 7) is 2.60. The predicted octanol–water partition coefficient (Wildman–Crippen LogP) is 6.04. The number of carbonyl (C=O) groups excluding carboxylic acids is 3. The summed E-state index contributed by atoms with van der Waals surface area (Å²) in [7, 11) is 1.67. The standard InChI is InChI=1S/C28H29Cl2N3O3S.C8H10O/c29-22-10-4-8-20(16-22)12-14-31-27(35)25(28(36)32-15-13-21-9-5-11-23(30)17-21)33-26(34)24(37)18-19-6-2-1-3-7-19;1-7-3-5-8(9-2)6-4-7/h1-11,16-17,24-25,37H,12-15,18H2,(H,31,35)(H,32,36)(H,33,34);3-6H,1-2H3. The number of hydrogen-bond donors (Lipinski definition) is 4. The van der Waals surface area contributed by atoms with Crippen LogP contribution in [0.2, 0.25) is 10.0 Å². The maximum absolute atomic E-state index is 13.0. The lowest BCUT2D eigenvalue weighted by molar-refractivity contribution is -0.136. The van der Waals surface area contributed by atoms with Crippen LogP contribution in [-0.2, 0) is 33.6 Å². The van der Waals surface area contributed by atoms with Crippen LogP contribution >= 0.6 is 35.8 Å². The van der Waals surface area contributed by atoms with Gasteiger partial charge in [-0.15, -0.1) is 0 Å². The van der Waals surface area contributed by atoms with E-state index in [0.717, 1.165) is 22.4 Å². The number of rotatable bonds is 13. The van der Waals surface area contributed by atoms with E-state index in [4.69, 9.17) is 27.9 Å². The maximum atomic E-state index is 13.0. The van der Waals surface area contributed by atoms with Crippen molar-refractivity contribution in [2.24, 2.45) is 0 Å². The van der Waals surface area contributed by atoms with Gasteiger partial charge in [0.2, 0.25) is 5.91 Å². The second kappa shape index (κ2) is 19.5. The molecule has 0 fully saturated rings. The lowest BCUT2D eigenvalue weighted by atomic mass is 10.1. The predicted molar refractivity (Wildman–Crippen MR) is 189 cm³/mol. The highest BCUT2D eigenvalue weighted by Gasteiger charge is 2.30. The van der Waals surface area contributed by atoms with Gasteiger partial charge in [0, 0.05) is 23.1 Å². The molecule has 7 nitrogen and oxygen atoms in total. The largest absolute Gasteiger partial charge is 0.497 e. The Kier molecular flexibility index (Phi) is 15.5. The van der Waals surface area contributed by atoms with E-state index >= 15 is 0 Å². The summed E-state index contributed by atoms with van der Waals surface area (Å²) in [5.41, 5.74) is 4.07. The van der Waals surface area contributed by atoms with E-state index in [0.29, 0.717) is 29.3 Å². The third-order valence-corrected chi connectivity index (χ3v) is 7.73. The molecule has 4 aromatic carbocycles. The first kappa shape index (κ1) is 36.5. The summed E-state index contributed by atoms with van der Waals surface area (Å²) in [5.74, 6) is -0.792. The summed E-state index contributed by atoms with van der Waals surface area (Å²) in [5, 5.41) is 8.53. The number of carbonyl (C=O) groups is 3. The van der Waals surface area contributed by atoms with Crippen LogP contribution in [-0.4, -0.2) is 49.2 Å². The van der Waals surface area contributed by atoms with Crippen LogP contribution in [0.1, 0.15) is 22.3 Å². The van der Waals surface area contributed by atoms with Crippen molar-refractivity contribution in [1.29, 1.82) is 0 Å². The van der Waals surface area contributed by atoms with Crippen LogP contribution in [0.5, 0.6) is 5.75 Å². The van der Waals surface area contributed by atoms with Gasteiger partial charge in [0.15, 0.2) is 6.04 Å². The molecule has 0 aliphatic carbocycles. The highest BCUT2D eigenvalue weighted by molar-refractivity contribution is 7.81. The average Bonchev–Trinajstić information content (AvgIpc) is 3.04. The summed E-state index contributed by atoms with van der Waals surface area (Å²) in [6.07, 6.45) is 1.40. The fourth-order valence-corrected chi connectivity index (χ4v) is 5.05. The normalized spacial score (nSPS) is 11.1. The Bertz CT molecular complexity index is 1490. The minimum absolute atomic E-state index is 0.273. The van der Waals surface area contributed by atoms with Gasteiger partial charge in [0.25, 0.3) is 11.8 Å². The monoisotopic (exact) mass is 679 g/mol. The van der Waals surface area contributed by atoms with Crippen molar-refractivity contribution in [3.05, 3.63) is 135 Å². The van der Waals surface area contributed by atoms with E-state index in [1.165, 1.54) is 5.56 Å². The van der Waals surface area contributed by atoms with Crippen molar-refractivity contribution in [2.45, 2.75) is 37.5 Å². The Morgan fingerprint density at radius 3 is 1.67 bits per heavy atom. The van der Waals surface area contributed by atoms with Gasteiger partial charge in [-0.1, -0.05) is 95.5 Å². The summed E-state index contributed by atoms with van der Waals surface area (Å²) in [6, 6.07) is 30.6. The van der Waals surface area contributed by atoms with E-state index in [1.807, 2.05) is 91.0 Å². The third kappa shape index (κ3) is 13.2. The minimum Gasteiger partial charge on any atom is -0.497 e. The molecule has 0 bridgehead atoms. The molecule has 0 saturated carbocycles. The minimum atomic E-state index is -1.41. The lowest BCUT2D eigenvalue weighted by Crippen LogP contribution is -2.57. The number of benzene rings is 4. The van der Waals surface area contributed by atoms with Crippen LogP contribution in [0.3, 0.4) is 0 Å². The first-order valence-electron chi connectivity index (χ1n) is 14.8. The Morgan fingerprint density at radius 1 is 0.696 bits per heavy atom. The molecule has 4 aromatic rings. The van der Waals surface area contributed by atoms with Gasteiger partial charge in [-0.3, -0.25) is 14.4 Å². The number of ether oxygens (including phenoxy) is 1. The van der Waals surface area contributed by atoms with Gasteiger partial charge in [0.1, 0.15) is 5.75 Å². The number of thiol groups is 1. The first-order chi connectivity index (χ1) is 22.1. The van der Waals surface area contributed by atoms with Crippen molar-refractivity contribution in [3.63, 3.8) is 0 Å². The number of hydrogen-bond acceptors (Lipinski definition) is 5. The molecule has 0 aromatic heterocycles. The molecule has 0 saturated heterocycles. The molecule has 1 unspecified atom stereocenters. The van der Waals surface area contributed by atoms with Crippen molar-refractivity contribution in [3.8, 4) is 5.75 Å². The van der Waals surface area contributed by atoms with E-state index < -0.39 is 29.0 Å². The molecule has 4 rings (SSSR count). The third-order valence-electron chi connectivity index (χ3n) is 6.85. The van der Waals surface area contributed by atoms with Crippen LogP contribution in [0.4, 0.5) is 0 Å². The molecule has 3 amide bonds. The zero-order valence-electron chi connectivity index (χ0n) is 25.8. The smallest absolute Gasteiger partial charge is 0.252 e. The lowest BCUT2D eigenvalue weighted by Gasteiger charge is -2.20. The molecule has 0 radical (unpaired) electrons. The van der Waals surface area contributed by atoms with Gasteiger partial charge in [-0.2, -0.15) is 12.6 Å². The molecule has 46 heavy (non-hydrogen) atoms. The zero-order chi connectivity index (χ0) is 33.3. The highest BCUT2D eigenvalue weighted by Crippen LogP contribution is 2.13. The summed E-state index contributed by atoms with van der Waals surface area (Å²) in [4.78, 5) is 38.8. The molecular formula is C36H39Cl2N3O4S. The average molecular weight is 681 g/mol. The van der Waals surface area contributed by atoms with Crippen LogP contribution in [0, 0.1) is 6.92 Å². The molecular weight excluding hydrogens is 641 g/mol. The SMILES string of the molecule is COc1ccc(C)cc1.O=C(NC(C(=O)NCCc1cccc(Cl)c1)C(=O)NCCc1cccc(Cl)c1)C(S)Cc1ccccc1. The fourth-order valence-electron chi connectivity index (χ4n) is 4.34. The zero-order valence-corrected chi connectivity index (χ0v) is 28.2. The summed E-state index contributed by atoms with van der Waals surface area (Å²) < 4.78 is 4.97. The number of halogens is 2. The van der Waals surface area contributed by atoms with Gasteiger partial charge in [-0.25, -0.2) is 0 Å². The molecule has 1 atom stereocenters. The van der Waals surface area contributed by atoms with E-state index in [1.54, 1.807) is 19.2 Å². The molecule has 0 spiro atoms. The molecule has 0 heterocycles. The number of nitrogens with one attached hydrogen (secondary N) is 3. The number of methoxy groups -OCH3 is 1. The Balaban J connectivity index is 0.000000549. The van der Waals surface area contributed by atoms with Gasteiger partial charge in [-0.05, 0) is 79.3 Å². The Hall–Kier alpha value is -3.98. The first-order valence-corrected chi connectivity index (χ1v) is 16.1. The topological polar surface area (TPSA) is 96.5 Å². The van der Waals surface area contributed by atoms with E-state index in [2.05, 4.69) is 35.5 Å². The molecule has 3 N–H and O–H groups in total. The number of aryl methyl sites for hydroxylation is 1. The second-order valence-corrected chi connectivity index (χ2v) is 12.0. The van der Waals surface area contributed by atoms with E-state index in [-0.39, 0.29) is 13.1 Å². The van der Waals surface area contributed by atoms with Gasteiger partial charge in [0.05, 0.1) is 12.4 Å². The quantitative estimate of drug-likeness (QED) is 0.102. The van der Waals surface area contributed by atoms with Crippen molar-refractivity contribution < 1.29 is 19.1 Å². The fraction of sp³-hybridized carbons (Fsp3) is 0.250. The molecule has 0 aliphatic heterocycles. The van der Waals surface area contributed by atoms with Gasteiger partial charge < -0.3 is 20.7 Å². The van der Waals surface area contributed by atoms with Crippen molar-refractivity contribution in [2.75, 3.05) is 20.2 Å². The van der Waals surface area contributed by atoms with Crippen molar-refractivity contribution >= 4 is 53.6 Å². The van der Waals surface area contributed by atoms with E-state index in [9.17, 15) is 14.4 Å². The van der Waals surface area contributed by atoms with Crippen molar-refractivity contribution in [1.82, 2.24) is 16.0 Å². The van der Waals surface area contributed by atoms with Gasteiger partial charge >= 0.3 is 0 Å². The summed E-state index contributed by atoms with van der Waals surface area (Å²) >= 11 is 16.4. The second-order valence-electron chi connectivity index (χ2n) is 10.5.